The van der Waals surface area contributed by atoms with Crippen LogP contribution in [-0.2, 0) is 7.05 Å². The van der Waals surface area contributed by atoms with E-state index in [2.05, 4.69) is 21.8 Å². The zero-order valence-electron chi connectivity index (χ0n) is 14.5. The van der Waals surface area contributed by atoms with Crippen LogP contribution in [0.5, 0.6) is 0 Å². The lowest BCUT2D eigenvalue weighted by Crippen LogP contribution is -2.35. The van der Waals surface area contributed by atoms with Crippen LogP contribution < -0.4 is 11.2 Å². The van der Waals surface area contributed by atoms with Crippen LogP contribution in [0.15, 0.2) is 58.4 Å². The van der Waals surface area contributed by atoms with Gasteiger partial charge in [0, 0.05) is 18.2 Å². The number of fused-ring (bicyclic) bond motifs is 1. The van der Waals surface area contributed by atoms with Crippen LogP contribution in [0, 0.1) is 23.5 Å². The van der Waals surface area contributed by atoms with Crippen molar-refractivity contribution in [3.05, 3.63) is 92.4 Å². The molecule has 0 aliphatic carbocycles. The molecule has 2 heterocycles. The molecule has 0 spiro atoms. The highest BCUT2D eigenvalue weighted by molar-refractivity contribution is 5.69. The van der Waals surface area contributed by atoms with Gasteiger partial charge < -0.3 is 4.57 Å². The quantitative estimate of drug-likeness (QED) is 0.516. The molecule has 2 aromatic carbocycles. The molecule has 0 atom stereocenters. The van der Waals surface area contributed by atoms with Gasteiger partial charge in [-0.2, -0.15) is 0 Å². The van der Waals surface area contributed by atoms with Gasteiger partial charge >= 0.3 is 5.69 Å². The number of aromatic amines is 1. The average molecular weight is 378 g/mol. The van der Waals surface area contributed by atoms with E-state index in [1.54, 1.807) is 24.3 Å². The Hall–Kier alpha value is -3.99. The molecule has 138 valence electrons. The van der Waals surface area contributed by atoms with Crippen LogP contribution in [0.2, 0.25) is 0 Å². The summed E-state index contributed by atoms with van der Waals surface area (Å²) in [7, 11) is 1.54. The molecule has 1 N–H and O–H groups in total. The zero-order chi connectivity index (χ0) is 19.8. The second kappa shape index (κ2) is 6.63. The predicted octanol–water partition coefficient (Wildman–Crippen LogP) is 2.09. The lowest BCUT2D eigenvalue weighted by molar-refractivity contribution is 0.562. The molecule has 0 radical (unpaired) electrons. The van der Waals surface area contributed by atoms with Crippen molar-refractivity contribution in [3.63, 3.8) is 0 Å². The van der Waals surface area contributed by atoms with Crippen LogP contribution >= 0.6 is 0 Å². The summed E-state index contributed by atoms with van der Waals surface area (Å²) >= 11 is 0. The first kappa shape index (κ1) is 17.4. The number of halogens is 2. The van der Waals surface area contributed by atoms with Crippen molar-refractivity contribution in [2.75, 3.05) is 0 Å². The minimum absolute atomic E-state index is 0.0198. The highest BCUT2D eigenvalue weighted by Gasteiger charge is 2.20. The summed E-state index contributed by atoms with van der Waals surface area (Å²) in [5, 5.41) is 0. The van der Waals surface area contributed by atoms with Crippen molar-refractivity contribution >= 4 is 11.2 Å². The van der Waals surface area contributed by atoms with E-state index >= 15 is 0 Å². The normalized spacial score (nSPS) is 10.7. The Bertz CT molecular complexity index is 1370. The molecule has 8 heteroatoms. The van der Waals surface area contributed by atoms with E-state index in [0.717, 1.165) is 12.1 Å². The Labute approximate surface area is 156 Å². The summed E-state index contributed by atoms with van der Waals surface area (Å²) in [6.45, 7) is 0. The molecule has 2 aromatic heterocycles. The number of benzene rings is 2. The van der Waals surface area contributed by atoms with E-state index in [4.69, 9.17) is 0 Å². The van der Waals surface area contributed by atoms with E-state index in [0.29, 0.717) is 10.1 Å². The molecule has 0 saturated heterocycles. The fourth-order valence-electron chi connectivity index (χ4n) is 2.85. The minimum Gasteiger partial charge on any atom is -0.328 e. The third kappa shape index (κ3) is 2.89. The van der Waals surface area contributed by atoms with Crippen LogP contribution in [-0.4, -0.2) is 19.1 Å². The third-order valence-electron chi connectivity index (χ3n) is 4.14. The Morgan fingerprint density at radius 1 is 1.00 bits per heavy atom. The maximum Gasteiger partial charge on any atom is 0.334 e. The molecule has 0 fully saturated rings. The molecule has 28 heavy (non-hydrogen) atoms. The smallest absolute Gasteiger partial charge is 0.328 e. The monoisotopic (exact) mass is 378 g/mol. The highest BCUT2D eigenvalue weighted by Crippen LogP contribution is 2.18. The van der Waals surface area contributed by atoms with Gasteiger partial charge in [-0.3, -0.25) is 9.78 Å². The number of nitrogens with zero attached hydrogens (tertiary/aromatic N) is 3. The van der Waals surface area contributed by atoms with Crippen molar-refractivity contribution in [1.82, 2.24) is 19.1 Å². The number of imidazole rings is 1. The van der Waals surface area contributed by atoms with E-state index < -0.39 is 28.6 Å². The van der Waals surface area contributed by atoms with Gasteiger partial charge in [0.15, 0.2) is 22.8 Å². The van der Waals surface area contributed by atoms with Crippen molar-refractivity contribution in [2.45, 2.75) is 0 Å². The topological polar surface area (TPSA) is 72.7 Å². The van der Waals surface area contributed by atoms with Crippen LogP contribution in [0.4, 0.5) is 8.78 Å². The van der Waals surface area contributed by atoms with Crippen molar-refractivity contribution < 1.29 is 8.78 Å². The molecule has 6 nitrogen and oxygen atoms in total. The standard InChI is InChI=1S/C20H12F2N4O2/c1-25-11-23-18-17(25)19(27)26(20(28)24-18)16-14(21)9-13(10-15(16)22)8-7-12-5-3-2-4-6-12/h2-6,9-11H,1H3,(H,24,28). The zero-order valence-corrected chi connectivity index (χ0v) is 14.5. The van der Waals surface area contributed by atoms with Gasteiger partial charge in [0.1, 0.15) is 5.69 Å². The summed E-state index contributed by atoms with van der Waals surface area (Å²) in [6.07, 6.45) is 1.32. The molecule has 4 rings (SSSR count). The van der Waals surface area contributed by atoms with Crippen LogP contribution in [0.25, 0.3) is 16.9 Å². The predicted molar refractivity (Wildman–Crippen MR) is 99.3 cm³/mol. The number of hydrogen-bond donors (Lipinski definition) is 1. The fourth-order valence-corrected chi connectivity index (χ4v) is 2.85. The Morgan fingerprint density at radius 3 is 2.32 bits per heavy atom. The van der Waals surface area contributed by atoms with Gasteiger partial charge in [-0.15, -0.1) is 0 Å². The van der Waals surface area contributed by atoms with Crippen molar-refractivity contribution in [1.29, 1.82) is 0 Å². The first-order valence-corrected chi connectivity index (χ1v) is 8.18. The molecule has 0 aliphatic heterocycles. The molecule has 0 unspecified atom stereocenters. The molecular weight excluding hydrogens is 366 g/mol. The number of nitrogens with one attached hydrogen (secondary N) is 1. The SMILES string of the molecule is Cn1cnc2[nH]c(=O)n(-c3c(F)cc(C#Cc4ccccc4)cc3F)c(=O)c21. The van der Waals surface area contributed by atoms with Gasteiger partial charge in [0.2, 0.25) is 0 Å². The third-order valence-corrected chi connectivity index (χ3v) is 4.14. The van der Waals surface area contributed by atoms with E-state index in [9.17, 15) is 18.4 Å². The van der Waals surface area contributed by atoms with E-state index in [1.807, 2.05) is 6.07 Å². The van der Waals surface area contributed by atoms with Crippen molar-refractivity contribution in [3.8, 4) is 17.5 Å². The molecular formula is C20H12F2N4O2. The van der Waals surface area contributed by atoms with Gasteiger partial charge in [-0.1, -0.05) is 30.0 Å². The number of aromatic nitrogens is 4. The molecule has 0 saturated carbocycles. The average Bonchev–Trinajstić information content (AvgIpc) is 3.03. The van der Waals surface area contributed by atoms with Gasteiger partial charge in [-0.05, 0) is 24.3 Å². The second-order valence-corrected chi connectivity index (χ2v) is 6.03. The first-order valence-electron chi connectivity index (χ1n) is 8.18. The first-order chi connectivity index (χ1) is 13.5. The van der Waals surface area contributed by atoms with Crippen LogP contribution in [0.1, 0.15) is 11.1 Å². The molecule has 0 bridgehead atoms. The maximum absolute atomic E-state index is 14.7. The van der Waals surface area contributed by atoms with E-state index in [-0.39, 0.29) is 16.7 Å². The lowest BCUT2D eigenvalue weighted by Gasteiger charge is -2.08. The Kier molecular flexibility index (Phi) is 4.12. The second-order valence-electron chi connectivity index (χ2n) is 6.03. The minimum atomic E-state index is -1.08. The largest absolute Gasteiger partial charge is 0.334 e. The van der Waals surface area contributed by atoms with Gasteiger partial charge in [-0.25, -0.2) is 23.1 Å². The van der Waals surface area contributed by atoms with Gasteiger partial charge in [0.25, 0.3) is 5.56 Å². The summed E-state index contributed by atoms with van der Waals surface area (Å²) in [6, 6.07) is 10.9. The summed E-state index contributed by atoms with van der Waals surface area (Å²) in [4.78, 5) is 31.1. The maximum atomic E-state index is 14.7. The molecule has 4 aromatic rings. The van der Waals surface area contributed by atoms with Crippen molar-refractivity contribution in [2.24, 2.45) is 7.05 Å². The summed E-state index contributed by atoms with van der Waals surface area (Å²) in [5.41, 5.74) is -1.81. The fraction of sp³-hybridized carbons (Fsp3) is 0.0500. The lowest BCUT2D eigenvalue weighted by atomic mass is 10.1. The molecule has 0 amide bonds. The number of aryl methyl sites for hydroxylation is 1. The molecule has 0 aliphatic rings. The van der Waals surface area contributed by atoms with E-state index in [1.165, 1.54) is 17.9 Å². The van der Waals surface area contributed by atoms with Crippen LogP contribution in [0.3, 0.4) is 0 Å². The number of H-pyrrole nitrogens is 1. The number of rotatable bonds is 1. The summed E-state index contributed by atoms with van der Waals surface area (Å²) in [5.74, 6) is 3.31. The number of hydrogen-bond acceptors (Lipinski definition) is 3. The Balaban J connectivity index is 1.88. The highest BCUT2D eigenvalue weighted by atomic mass is 19.1. The summed E-state index contributed by atoms with van der Waals surface area (Å²) < 4.78 is 31.1. The Morgan fingerprint density at radius 2 is 1.64 bits per heavy atom. The van der Waals surface area contributed by atoms with Gasteiger partial charge in [0.05, 0.1) is 6.33 Å².